The Balaban J connectivity index is 0.00000256. The van der Waals surface area contributed by atoms with Crippen LogP contribution in [0.3, 0.4) is 0 Å². The zero-order valence-electron chi connectivity index (χ0n) is 10.8. The number of nitrogens with one attached hydrogen (secondary N) is 2. The quantitative estimate of drug-likeness (QED) is 0.488. The van der Waals surface area contributed by atoms with Crippen LogP contribution in [0.2, 0.25) is 0 Å². The molecule has 6 heteroatoms. The summed E-state index contributed by atoms with van der Waals surface area (Å²) >= 11 is 1.71. The van der Waals surface area contributed by atoms with E-state index in [4.69, 9.17) is 0 Å². The molecule has 0 radical (unpaired) electrons. The van der Waals surface area contributed by atoms with Crippen LogP contribution in [0.1, 0.15) is 30.2 Å². The van der Waals surface area contributed by atoms with E-state index in [2.05, 4.69) is 41.4 Å². The summed E-state index contributed by atoms with van der Waals surface area (Å²) in [6, 6.07) is 0.434. The van der Waals surface area contributed by atoms with Gasteiger partial charge < -0.3 is 10.6 Å². The average molecular weight is 368 g/mol. The fraction of sp³-hybridized carbons (Fsp3) is 0.636. The van der Waals surface area contributed by atoms with Gasteiger partial charge in [-0.1, -0.05) is 6.92 Å². The zero-order valence-corrected chi connectivity index (χ0v) is 13.9. The molecule has 98 valence electrons. The molecule has 0 bridgehead atoms. The van der Waals surface area contributed by atoms with E-state index in [-0.39, 0.29) is 24.0 Å². The van der Waals surface area contributed by atoms with Crippen LogP contribution in [0.25, 0.3) is 0 Å². The van der Waals surface area contributed by atoms with Gasteiger partial charge >= 0.3 is 0 Å². The van der Waals surface area contributed by atoms with Crippen molar-refractivity contribution in [1.29, 1.82) is 0 Å². The lowest BCUT2D eigenvalue weighted by Crippen LogP contribution is -2.41. The molecule has 0 saturated carbocycles. The molecule has 1 rings (SSSR count). The van der Waals surface area contributed by atoms with Gasteiger partial charge in [0.2, 0.25) is 0 Å². The number of aliphatic imine (C=N–C) groups is 1. The predicted octanol–water partition coefficient (Wildman–Crippen LogP) is 2.53. The number of guanidine groups is 1. The Hall–Kier alpha value is -0.370. The Labute approximate surface area is 124 Å². The number of thiazole rings is 1. The molecule has 17 heavy (non-hydrogen) atoms. The molecule has 0 spiro atoms. The van der Waals surface area contributed by atoms with Crippen molar-refractivity contribution in [2.24, 2.45) is 4.99 Å². The van der Waals surface area contributed by atoms with Crippen LogP contribution in [0.4, 0.5) is 0 Å². The van der Waals surface area contributed by atoms with Gasteiger partial charge in [-0.2, -0.15) is 0 Å². The van der Waals surface area contributed by atoms with E-state index in [0.717, 1.165) is 23.9 Å². The van der Waals surface area contributed by atoms with Crippen molar-refractivity contribution in [3.8, 4) is 0 Å². The predicted molar refractivity (Wildman–Crippen MR) is 85.4 cm³/mol. The minimum Gasteiger partial charge on any atom is -0.354 e. The third-order valence-electron chi connectivity index (χ3n) is 2.30. The highest BCUT2D eigenvalue weighted by Crippen LogP contribution is 2.10. The number of rotatable bonds is 4. The van der Waals surface area contributed by atoms with Gasteiger partial charge in [0.1, 0.15) is 5.01 Å². The third-order valence-corrected chi connectivity index (χ3v) is 3.21. The minimum absolute atomic E-state index is 0. The van der Waals surface area contributed by atoms with E-state index in [0.29, 0.717) is 6.04 Å². The van der Waals surface area contributed by atoms with Crippen molar-refractivity contribution < 1.29 is 0 Å². The summed E-state index contributed by atoms with van der Waals surface area (Å²) in [5, 5.41) is 7.65. The number of halogens is 1. The minimum atomic E-state index is 0. The smallest absolute Gasteiger partial charge is 0.191 e. The molecule has 0 fully saturated rings. The fourth-order valence-electron chi connectivity index (χ4n) is 1.17. The van der Waals surface area contributed by atoms with Crippen LogP contribution in [-0.2, 0) is 6.54 Å². The number of hydrogen-bond donors (Lipinski definition) is 2. The number of aromatic nitrogens is 1. The van der Waals surface area contributed by atoms with E-state index in [1.165, 1.54) is 4.88 Å². The topological polar surface area (TPSA) is 49.3 Å². The van der Waals surface area contributed by atoms with E-state index in [1.807, 2.05) is 6.20 Å². The van der Waals surface area contributed by atoms with Crippen molar-refractivity contribution >= 4 is 41.3 Å². The summed E-state index contributed by atoms with van der Waals surface area (Å²) in [5.41, 5.74) is 0. The Bertz CT molecular complexity index is 351. The third kappa shape index (κ3) is 6.21. The lowest BCUT2D eigenvalue weighted by atomic mass is 10.3. The first kappa shape index (κ1) is 16.6. The van der Waals surface area contributed by atoms with Crippen LogP contribution in [0, 0.1) is 6.92 Å². The Morgan fingerprint density at radius 1 is 1.59 bits per heavy atom. The highest BCUT2D eigenvalue weighted by Gasteiger charge is 2.03. The molecule has 0 amide bonds. The van der Waals surface area contributed by atoms with Gasteiger partial charge in [-0.25, -0.2) is 4.98 Å². The Morgan fingerprint density at radius 2 is 2.29 bits per heavy atom. The second-order valence-electron chi connectivity index (χ2n) is 3.74. The van der Waals surface area contributed by atoms with Gasteiger partial charge in [0.15, 0.2) is 5.96 Å². The summed E-state index contributed by atoms with van der Waals surface area (Å²) < 4.78 is 0. The largest absolute Gasteiger partial charge is 0.354 e. The van der Waals surface area contributed by atoms with E-state index >= 15 is 0 Å². The van der Waals surface area contributed by atoms with Gasteiger partial charge in [0, 0.05) is 24.2 Å². The molecule has 4 nitrogen and oxygen atoms in total. The molecule has 0 aromatic carbocycles. The van der Waals surface area contributed by atoms with Crippen LogP contribution < -0.4 is 10.6 Å². The molecule has 1 unspecified atom stereocenters. The molecule has 1 aromatic rings. The number of nitrogens with zero attached hydrogens (tertiary/aromatic N) is 2. The average Bonchev–Trinajstić information content (AvgIpc) is 2.69. The maximum atomic E-state index is 4.29. The van der Waals surface area contributed by atoms with Crippen LogP contribution in [0.5, 0.6) is 0 Å². The molecule has 1 atom stereocenters. The molecular weight excluding hydrogens is 347 g/mol. The first-order valence-corrected chi connectivity index (χ1v) is 6.35. The van der Waals surface area contributed by atoms with Gasteiger partial charge in [0.25, 0.3) is 0 Å². The molecule has 0 aliphatic rings. The van der Waals surface area contributed by atoms with Gasteiger partial charge in [-0.15, -0.1) is 35.3 Å². The standard InChI is InChI=1S/C11H20N4S.HI/c1-5-8(2)15-11(12-4)14-7-10-13-6-9(3)16-10;/h6,8H,5,7H2,1-4H3,(H2,12,14,15);1H. The molecule has 0 saturated heterocycles. The van der Waals surface area contributed by atoms with Crippen LogP contribution in [-0.4, -0.2) is 24.0 Å². The first-order chi connectivity index (χ1) is 7.65. The van der Waals surface area contributed by atoms with Crippen LogP contribution >= 0.6 is 35.3 Å². The second-order valence-corrected chi connectivity index (χ2v) is 5.06. The Morgan fingerprint density at radius 3 is 2.76 bits per heavy atom. The molecule has 1 heterocycles. The summed E-state index contributed by atoms with van der Waals surface area (Å²) in [5.74, 6) is 0.835. The zero-order chi connectivity index (χ0) is 12.0. The van der Waals surface area contributed by atoms with Crippen molar-refractivity contribution in [1.82, 2.24) is 15.6 Å². The van der Waals surface area contributed by atoms with E-state index < -0.39 is 0 Å². The van der Waals surface area contributed by atoms with Gasteiger partial charge in [-0.3, -0.25) is 4.99 Å². The molecule has 0 aliphatic heterocycles. The van der Waals surface area contributed by atoms with Gasteiger partial charge in [0.05, 0.1) is 6.54 Å². The number of hydrogen-bond acceptors (Lipinski definition) is 3. The maximum Gasteiger partial charge on any atom is 0.191 e. The molecule has 2 N–H and O–H groups in total. The summed E-state index contributed by atoms with van der Waals surface area (Å²) in [7, 11) is 1.78. The Kier molecular flexibility index (Phi) is 8.49. The lowest BCUT2D eigenvalue weighted by molar-refractivity contribution is 0.624. The lowest BCUT2D eigenvalue weighted by Gasteiger charge is -2.15. The monoisotopic (exact) mass is 368 g/mol. The molecule has 0 aliphatic carbocycles. The van der Waals surface area contributed by atoms with Crippen molar-refractivity contribution in [3.05, 3.63) is 16.1 Å². The van der Waals surface area contributed by atoms with Crippen molar-refractivity contribution in [3.63, 3.8) is 0 Å². The van der Waals surface area contributed by atoms with Crippen LogP contribution in [0.15, 0.2) is 11.2 Å². The molecule has 1 aromatic heterocycles. The van der Waals surface area contributed by atoms with Crippen molar-refractivity contribution in [2.45, 2.75) is 39.8 Å². The van der Waals surface area contributed by atoms with Crippen molar-refractivity contribution in [2.75, 3.05) is 7.05 Å². The van der Waals surface area contributed by atoms with E-state index in [9.17, 15) is 0 Å². The summed E-state index contributed by atoms with van der Waals surface area (Å²) in [6.07, 6.45) is 2.98. The van der Waals surface area contributed by atoms with Gasteiger partial charge in [-0.05, 0) is 20.3 Å². The summed E-state index contributed by atoms with van der Waals surface area (Å²) in [6.45, 7) is 7.08. The SMILES string of the molecule is CCC(C)NC(=NC)NCc1ncc(C)s1.I. The number of aryl methyl sites for hydroxylation is 1. The first-order valence-electron chi connectivity index (χ1n) is 5.54. The summed E-state index contributed by atoms with van der Waals surface area (Å²) in [4.78, 5) is 9.70. The fourth-order valence-corrected chi connectivity index (χ4v) is 1.90. The highest BCUT2D eigenvalue weighted by atomic mass is 127. The highest BCUT2D eigenvalue weighted by molar-refractivity contribution is 14.0. The normalized spacial score (nSPS) is 12.8. The van der Waals surface area contributed by atoms with E-state index in [1.54, 1.807) is 18.4 Å². The maximum absolute atomic E-state index is 4.29. The second kappa shape index (κ2) is 8.68. The molecular formula is C11H21IN4S.